The molecule has 0 spiro atoms. The van der Waals surface area contributed by atoms with E-state index in [0.29, 0.717) is 5.92 Å². The van der Waals surface area contributed by atoms with Crippen LogP contribution in [0, 0.1) is 5.92 Å². The van der Waals surface area contributed by atoms with Crippen LogP contribution in [0.3, 0.4) is 0 Å². The molecule has 0 amide bonds. The zero-order valence-corrected chi connectivity index (χ0v) is 9.65. The van der Waals surface area contributed by atoms with Gasteiger partial charge in [-0.15, -0.1) is 0 Å². The Hall–Kier alpha value is -0.800. The van der Waals surface area contributed by atoms with Crippen molar-refractivity contribution in [3.63, 3.8) is 0 Å². The molecular weight excluding hydrogens is 190 g/mol. The topological polar surface area (TPSA) is 34.4 Å². The Morgan fingerprint density at radius 1 is 1.40 bits per heavy atom. The van der Waals surface area contributed by atoms with Crippen molar-refractivity contribution in [1.29, 1.82) is 0 Å². The van der Waals surface area contributed by atoms with Crippen molar-refractivity contribution in [2.45, 2.75) is 33.4 Å². The van der Waals surface area contributed by atoms with Gasteiger partial charge in [0.2, 0.25) is 0 Å². The maximum absolute atomic E-state index is 8.88. The van der Waals surface area contributed by atoms with E-state index in [0.717, 1.165) is 31.7 Å². The molecule has 1 aromatic heterocycles. The number of rotatable bonds is 7. The van der Waals surface area contributed by atoms with Gasteiger partial charge in [0.1, 0.15) is 0 Å². The Kier molecular flexibility index (Phi) is 5.43. The van der Waals surface area contributed by atoms with E-state index in [1.54, 1.807) is 0 Å². The van der Waals surface area contributed by atoms with Crippen LogP contribution in [-0.2, 0) is 17.9 Å². The second-order valence-electron chi connectivity index (χ2n) is 4.21. The van der Waals surface area contributed by atoms with Gasteiger partial charge in [0.25, 0.3) is 0 Å². The van der Waals surface area contributed by atoms with Crippen molar-refractivity contribution in [2.75, 3.05) is 13.2 Å². The van der Waals surface area contributed by atoms with Gasteiger partial charge in [-0.3, -0.25) is 0 Å². The van der Waals surface area contributed by atoms with Crippen LogP contribution >= 0.6 is 0 Å². The number of aliphatic hydroxyl groups excluding tert-OH is 1. The molecule has 0 aliphatic heterocycles. The predicted octanol–water partition coefficient (Wildman–Crippen LogP) is 2.04. The molecule has 0 saturated heterocycles. The SMILES string of the molecule is CC(C)CCOCCn1ccc(CO)c1. The number of aromatic nitrogens is 1. The predicted molar refractivity (Wildman–Crippen MR) is 60.6 cm³/mol. The summed E-state index contributed by atoms with van der Waals surface area (Å²) in [5.41, 5.74) is 0.956. The average Bonchev–Trinajstić information content (AvgIpc) is 2.65. The summed E-state index contributed by atoms with van der Waals surface area (Å²) in [5.74, 6) is 0.706. The van der Waals surface area contributed by atoms with Gasteiger partial charge in [-0.1, -0.05) is 13.8 Å². The van der Waals surface area contributed by atoms with Crippen LogP contribution in [0.15, 0.2) is 18.5 Å². The van der Waals surface area contributed by atoms with Crippen LogP contribution in [0.1, 0.15) is 25.8 Å². The minimum absolute atomic E-state index is 0.112. The number of aliphatic hydroxyl groups is 1. The van der Waals surface area contributed by atoms with Crippen LogP contribution in [0.5, 0.6) is 0 Å². The Balaban J connectivity index is 2.09. The molecule has 15 heavy (non-hydrogen) atoms. The van der Waals surface area contributed by atoms with Crippen molar-refractivity contribution in [3.8, 4) is 0 Å². The molecule has 0 aromatic carbocycles. The third-order valence-corrected chi connectivity index (χ3v) is 2.33. The van der Waals surface area contributed by atoms with Crippen molar-refractivity contribution in [3.05, 3.63) is 24.0 Å². The Labute approximate surface area is 91.7 Å². The summed E-state index contributed by atoms with van der Waals surface area (Å²) in [6.45, 7) is 6.95. The fourth-order valence-corrected chi connectivity index (χ4v) is 1.31. The second kappa shape index (κ2) is 6.64. The number of hydrogen-bond donors (Lipinski definition) is 1. The Bertz CT molecular complexity index is 268. The molecule has 0 fully saturated rings. The smallest absolute Gasteiger partial charge is 0.0696 e. The first-order chi connectivity index (χ1) is 7.22. The fourth-order valence-electron chi connectivity index (χ4n) is 1.31. The maximum atomic E-state index is 8.88. The van der Waals surface area contributed by atoms with Crippen molar-refractivity contribution in [1.82, 2.24) is 4.57 Å². The van der Waals surface area contributed by atoms with Gasteiger partial charge in [0, 0.05) is 25.5 Å². The highest BCUT2D eigenvalue weighted by molar-refractivity contribution is 5.08. The average molecular weight is 211 g/mol. The van der Waals surface area contributed by atoms with E-state index in [1.807, 2.05) is 23.0 Å². The standard InChI is InChI=1S/C12H21NO2/c1-11(2)4-7-15-8-6-13-5-3-12(9-13)10-14/h3,5,9,11,14H,4,6-8,10H2,1-2H3. The molecule has 1 heterocycles. The molecule has 0 aliphatic carbocycles. The summed E-state index contributed by atoms with van der Waals surface area (Å²) < 4.78 is 7.55. The molecule has 3 nitrogen and oxygen atoms in total. The molecule has 1 rings (SSSR count). The van der Waals surface area contributed by atoms with Gasteiger partial charge in [0.15, 0.2) is 0 Å². The van der Waals surface area contributed by atoms with Crippen LogP contribution < -0.4 is 0 Å². The van der Waals surface area contributed by atoms with Gasteiger partial charge >= 0.3 is 0 Å². The summed E-state index contributed by atoms with van der Waals surface area (Å²) in [6, 6.07) is 1.92. The number of ether oxygens (including phenoxy) is 1. The van der Waals surface area contributed by atoms with Crippen LogP contribution in [0.25, 0.3) is 0 Å². The summed E-state index contributed by atoms with van der Waals surface area (Å²) in [7, 11) is 0. The Morgan fingerprint density at radius 3 is 2.80 bits per heavy atom. The monoisotopic (exact) mass is 211 g/mol. The summed E-state index contributed by atoms with van der Waals surface area (Å²) in [4.78, 5) is 0. The maximum Gasteiger partial charge on any atom is 0.0696 e. The zero-order valence-electron chi connectivity index (χ0n) is 9.65. The molecule has 0 atom stereocenters. The fraction of sp³-hybridized carbons (Fsp3) is 0.667. The Morgan fingerprint density at radius 2 is 2.20 bits per heavy atom. The van der Waals surface area contributed by atoms with Crippen LogP contribution in [0.2, 0.25) is 0 Å². The van der Waals surface area contributed by atoms with E-state index in [9.17, 15) is 0 Å². The lowest BCUT2D eigenvalue weighted by Gasteiger charge is -2.06. The molecule has 86 valence electrons. The van der Waals surface area contributed by atoms with E-state index >= 15 is 0 Å². The zero-order chi connectivity index (χ0) is 11.1. The molecule has 0 unspecified atom stereocenters. The van der Waals surface area contributed by atoms with E-state index in [2.05, 4.69) is 13.8 Å². The van der Waals surface area contributed by atoms with E-state index in [1.165, 1.54) is 0 Å². The molecule has 0 radical (unpaired) electrons. The van der Waals surface area contributed by atoms with E-state index in [-0.39, 0.29) is 6.61 Å². The van der Waals surface area contributed by atoms with Gasteiger partial charge in [0.05, 0.1) is 13.2 Å². The summed E-state index contributed by atoms with van der Waals surface area (Å²) in [6.07, 6.45) is 5.04. The van der Waals surface area contributed by atoms with Crippen molar-refractivity contribution >= 4 is 0 Å². The largest absolute Gasteiger partial charge is 0.392 e. The third kappa shape index (κ3) is 5.00. The minimum atomic E-state index is 0.112. The quantitative estimate of drug-likeness (QED) is 0.700. The number of hydrogen-bond acceptors (Lipinski definition) is 2. The molecule has 1 aromatic rings. The highest BCUT2D eigenvalue weighted by Gasteiger charge is 1.96. The molecular formula is C12H21NO2. The molecule has 0 aliphatic rings. The molecule has 1 N–H and O–H groups in total. The first-order valence-corrected chi connectivity index (χ1v) is 5.55. The van der Waals surface area contributed by atoms with Gasteiger partial charge < -0.3 is 14.4 Å². The van der Waals surface area contributed by atoms with Crippen molar-refractivity contribution in [2.24, 2.45) is 5.92 Å². The normalized spacial score (nSPS) is 11.2. The molecule has 3 heteroatoms. The van der Waals surface area contributed by atoms with Crippen molar-refractivity contribution < 1.29 is 9.84 Å². The molecule has 0 saturated carbocycles. The molecule has 0 bridgehead atoms. The lowest BCUT2D eigenvalue weighted by molar-refractivity contribution is 0.116. The summed E-state index contributed by atoms with van der Waals surface area (Å²) in [5, 5.41) is 8.88. The number of nitrogens with zero attached hydrogens (tertiary/aromatic N) is 1. The van der Waals surface area contributed by atoms with Gasteiger partial charge in [-0.05, 0) is 24.0 Å². The minimum Gasteiger partial charge on any atom is -0.392 e. The lowest BCUT2D eigenvalue weighted by atomic mass is 10.1. The van der Waals surface area contributed by atoms with Crippen LogP contribution in [-0.4, -0.2) is 22.9 Å². The van der Waals surface area contributed by atoms with Gasteiger partial charge in [-0.25, -0.2) is 0 Å². The third-order valence-electron chi connectivity index (χ3n) is 2.33. The lowest BCUT2D eigenvalue weighted by Crippen LogP contribution is -2.06. The highest BCUT2D eigenvalue weighted by atomic mass is 16.5. The van der Waals surface area contributed by atoms with E-state index in [4.69, 9.17) is 9.84 Å². The highest BCUT2D eigenvalue weighted by Crippen LogP contribution is 2.02. The van der Waals surface area contributed by atoms with Crippen LogP contribution in [0.4, 0.5) is 0 Å². The first-order valence-electron chi connectivity index (χ1n) is 5.55. The van der Waals surface area contributed by atoms with E-state index < -0.39 is 0 Å². The summed E-state index contributed by atoms with van der Waals surface area (Å²) >= 11 is 0. The first kappa shape index (κ1) is 12.3. The van der Waals surface area contributed by atoms with Gasteiger partial charge in [-0.2, -0.15) is 0 Å². The second-order valence-corrected chi connectivity index (χ2v) is 4.21.